The highest BCUT2D eigenvalue weighted by Crippen LogP contribution is 2.04. The highest BCUT2D eigenvalue weighted by molar-refractivity contribution is 5.85. The molecule has 0 aliphatic carbocycles. The highest BCUT2D eigenvalue weighted by atomic mass is 35.5. The summed E-state index contributed by atoms with van der Waals surface area (Å²) in [7, 11) is 3.61. The Kier molecular flexibility index (Phi) is 7.50. The number of nitrogens with zero attached hydrogens (tertiary/aromatic N) is 1. The van der Waals surface area contributed by atoms with Gasteiger partial charge in [0.2, 0.25) is 5.91 Å². The van der Waals surface area contributed by atoms with Gasteiger partial charge < -0.3 is 10.2 Å². The van der Waals surface area contributed by atoms with E-state index in [0.29, 0.717) is 13.0 Å². The summed E-state index contributed by atoms with van der Waals surface area (Å²) in [6.07, 6.45) is 0.320. The number of carbonyl (C=O) groups is 1. The molecule has 17 heavy (non-hydrogen) atoms. The lowest BCUT2D eigenvalue weighted by Gasteiger charge is -2.16. The van der Waals surface area contributed by atoms with Crippen molar-refractivity contribution >= 4 is 18.3 Å². The maximum absolute atomic E-state index is 12.6. The van der Waals surface area contributed by atoms with E-state index in [0.717, 1.165) is 12.1 Å². The number of hydrogen-bond donors (Lipinski definition) is 1. The lowest BCUT2D eigenvalue weighted by Crippen LogP contribution is -2.33. The van der Waals surface area contributed by atoms with Crippen LogP contribution in [-0.4, -0.2) is 38.0 Å². The maximum Gasteiger partial charge on any atom is 0.226 e. The van der Waals surface area contributed by atoms with Crippen molar-refractivity contribution in [1.82, 2.24) is 10.2 Å². The normalized spacial score (nSPS) is 9.59. The van der Waals surface area contributed by atoms with E-state index in [-0.39, 0.29) is 24.1 Å². The lowest BCUT2D eigenvalue weighted by atomic mass is 10.1. The molecule has 0 aliphatic heterocycles. The van der Waals surface area contributed by atoms with Crippen LogP contribution in [0.4, 0.5) is 4.39 Å². The molecule has 0 radical (unpaired) electrons. The molecular formula is C12H18ClFN2O. The minimum Gasteiger partial charge on any atom is -0.344 e. The Balaban J connectivity index is 0.00000256. The summed E-state index contributed by atoms with van der Waals surface area (Å²) in [5.41, 5.74) is 0.836. The molecule has 96 valence electrons. The molecule has 1 amide bonds. The Bertz CT molecular complexity index is 343. The zero-order chi connectivity index (χ0) is 12.0. The fourth-order valence-corrected chi connectivity index (χ4v) is 1.32. The van der Waals surface area contributed by atoms with Gasteiger partial charge in [-0.15, -0.1) is 12.4 Å². The summed E-state index contributed by atoms with van der Waals surface area (Å²) in [6.45, 7) is 1.45. The van der Waals surface area contributed by atoms with E-state index in [4.69, 9.17) is 0 Å². The molecular weight excluding hydrogens is 243 g/mol. The minimum absolute atomic E-state index is 0. The largest absolute Gasteiger partial charge is 0.344 e. The molecule has 0 heterocycles. The van der Waals surface area contributed by atoms with E-state index < -0.39 is 0 Å². The summed E-state index contributed by atoms with van der Waals surface area (Å²) in [4.78, 5) is 13.4. The molecule has 0 aromatic heterocycles. The molecule has 0 bridgehead atoms. The molecule has 0 saturated heterocycles. The number of halogens is 2. The van der Waals surface area contributed by atoms with Crippen LogP contribution < -0.4 is 5.32 Å². The highest BCUT2D eigenvalue weighted by Gasteiger charge is 2.08. The Labute approximate surface area is 107 Å². The van der Waals surface area contributed by atoms with Gasteiger partial charge >= 0.3 is 0 Å². The van der Waals surface area contributed by atoms with Crippen molar-refractivity contribution in [1.29, 1.82) is 0 Å². The quantitative estimate of drug-likeness (QED) is 0.870. The third kappa shape index (κ3) is 5.65. The average Bonchev–Trinajstić information content (AvgIpc) is 2.29. The topological polar surface area (TPSA) is 32.3 Å². The van der Waals surface area contributed by atoms with E-state index in [1.165, 1.54) is 12.1 Å². The van der Waals surface area contributed by atoms with E-state index in [2.05, 4.69) is 5.32 Å². The fraction of sp³-hybridized carbons (Fsp3) is 0.417. The van der Waals surface area contributed by atoms with Crippen LogP contribution in [0.15, 0.2) is 24.3 Å². The molecule has 0 aliphatic rings. The minimum atomic E-state index is -0.278. The molecule has 1 aromatic carbocycles. The molecule has 0 atom stereocenters. The Hall–Kier alpha value is -1.13. The molecule has 0 fully saturated rings. The zero-order valence-electron chi connectivity index (χ0n) is 10.1. The molecule has 1 N–H and O–H groups in total. The van der Waals surface area contributed by atoms with Gasteiger partial charge in [-0.05, 0) is 24.7 Å². The number of rotatable bonds is 5. The zero-order valence-corrected chi connectivity index (χ0v) is 10.9. The second-order valence-corrected chi connectivity index (χ2v) is 3.72. The van der Waals surface area contributed by atoms with Crippen LogP contribution in [0.1, 0.15) is 5.56 Å². The predicted molar refractivity (Wildman–Crippen MR) is 68.9 cm³/mol. The smallest absolute Gasteiger partial charge is 0.226 e. The van der Waals surface area contributed by atoms with Gasteiger partial charge in [-0.2, -0.15) is 0 Å². The second kappa shape index (κ2) is 8.03. The van der Waals surface area contributed by atoms with Crippen LogP contribution in [0, 0.1) is 5.82 Å². The van der Waals surface area contributed by atoms with Crippen molar-refractivity contribution < 1.29 is 9.18 Å². The molecule has 5 heteroatoms. The van der Waals surface area contributed by atoms with E-state index in [1.807, 2.05) is 7.05 Å². The van der Waals surface area contributed by atoms with Crippen LogP contribution in [0.5, 0.6) is 0 Å². The van der Waals surface area contributed by atoms with Gasteiger partial charge in [0.05, 0.1) is 6.42 Å². The van der Waals surface area contributed by atoms with Gasteiger partial charge in [-0.1, -0.05) is 12.1 Å². The molecule has 0 spiro atoms. The molecule has 0 unspecified atom stereocenters. The lowest BCUT2D eigenvalue weighted by molar-refractivity contribution is -0.129. The van der Waals surface area contributed by atoms with Gasteiger partial charge in [0.25, 0.3) is 0 Å². The average molecular weight is 261 g/mol. The van der Waals surface area contributed by atoms with Gasteiger partial charge in [-0.25, -0.2) is 4.39 Å². The number of benzene rings is 1. The number of likely N-dealkylation sites (N-methyl/N-ethyl adjacent to an activating group) is 2. The standard InChI is InChI=1S/C12H17FN2O.ClH/c1-14-7-8-15(2)12(16)9-10-3-5-11(13)6-4-10;/h3-6,14H,7-9H2,1-2H3;1H. The third-order valence-electron chi connectivity index (χ3n) is 2.39. The maximum atomic E-state index is 12.6. The first-order valence-electron chi connectivity index (χ1n) is 5.26. The third-order valence-corrected chi connectivity index (χ3v) is 2.39. The Morgan fingerprint density at radius 3 is 2.47 bits per heavy atom. The summed E-state index contributed by atoms with van der Waals surface area (Å²) in [5, 5.41) is 2.98. The SMILES string of the molecule is CNCCN(C)C(=O)Cc1ccc(F)cc1.Cl. The van der Waals surface area contributed by atoms with Crippen LogP contribution in [0.2, 0.25) is 0 Å². The summed E-state index contributed by atoms with van der Waals surface area (Å²) < 4.78 is 12.6. The van der Waals surface area contributed by atoms with Crippen molar-refractivity contribution in [2.24, 2.45) is 0 Å². The van der Waals surface area contributed by atoms with Crippen LogP contribution >= 0.6 is 12.4 Å². The summed E-state index contributed by atoms with van der Waals surface area (Å²) in [6, 6.07) is 6.02. The number of carbonyl (C=O) groups excluding carboxylic acids is 1. The van der Waals surface area contributed by atoms with Gasteiger partial charge in [0.1, 0.15) is 5.82 Å². The predicted octanol–water partition coefficient (Wildman–Crippen LogP) is 1.47. The van der Waals surface area contributed by atoms with Crippen molar-refractivity contribution in [3.05, 3.63) is 35.6 Å². The van der Waals surface area contributed by atoms with Crippen LogP contribution in [-0.2, 0) is 11.2 Å². The first-order valence-corrected chi connectivity index (χ1v) is 5.26. The van der Waals surface area contributed by atoms with Crippen LogP contribution in [0.3, 0.4) is 0 Å². The number of amides is 1. The van der Waals surface area contributed by atoms with Gasteiger partial charge in [0, 0.05) is 20.1 Å². The van der Waals surface area contributed by atoms with E-state index >= 15 is 0 Å². The van der Waals surface area contributed by atoms with Crippen molar-refractivity contribution in [3.63, 3.8) is 0 Å². The van der Waals surface area contributed by atoms with Crippen LogP contribution in [0.25, 0.3) is 0 Å². The number of nitrogens with one attached hydrogen (secondary N) is 1. The monoisotopic (exact) mass is 260 g/mol. The summed E-state index contributed by atoms with van der Waals surface area (Å²) in [5.74, 6) is -0.235. The van der Waals surface area contributed by atoms with Crippen molar-refractivity contribution in [3.8, 4) is 0 Å². The molecule has 0 saturated carbocycles. The van der Waals surface area contributed by atoms with Gasteiger partial charge in [0.15, 0.2) is 0 Å². The van der Waals surface area contributed by atoms with Gasteiger partial charge in [-0.3, -0.25) is 4.79 Å². The first kappa shape index (κ1) is 15.9. The summed E-state index contributed by atoms with van der Waals surface area (Å²) >= 11 is 0. The first-order chi connectivity index (χ1) is 7.63. The van der Waals surface area contributed by atoms with Crippen molar-refractivity contribution in [2.75, 3.05) is 27.2 Å². The molecule has 1 rings (SSSR count). The number of hydrogen-bond acceptors (Lipinski definition) is 2. The van der Waals surface area contributed by atoms with E-state index in [1.54, 1.807) is 24.1 Å². The van der Waals surface area contributed by atoms with E-state index in [9.17, 15) is 9.18 Å². The fourth-order valence-electron chi connectivity index (χ4n) is 1.32. The molecule has 3 nitrogen and oxygen atoms in total. The molecule has 1 aromatic rings. The Morgan fingerprint density at radius 1 is 1.35 bits per heavy atom. The second-order valence-electron chi connectivity index (χ2n) is 3.72. The Morgan fingerprint density at radius 2 is 1.94 bits per heavy atom. The van der Waals surface area contributed by atoms with Crippen molar-refractivity contribution in [2.45, 2.75) is 6.42 Å².